The minimum Gasteiger partial charge on any atom is -0.494 e. The van der Waals surface area contributed by atoms with E-state index in [-0.39, 0.29) is 11.9 Å². The Morgan fingerprint density at radius 2 is 2.03 bits per heavy atom. The lowest BCUT2D eigenvalue weighted by Gasteiger charge is -2.15. The molecule has 0 saturated carbocycles. The van der Waals surface area contributed by atoms with Gasteiger partial charge in [0.2, 0.25) is 0 Å². The van der Waals surface area contributed by atoms with Crippen molar-refractivity contribution >= 4 is 0 Å². The number of hydrogen-bond donors (Lipinski definition) is 1. The Balaban J connectivity index is 1.61. The van der Waals surface area contributed by atoms with Crippen molar-refractivity contribution in [2.75, 3.05) is 6.61 Å². The van der Waals surface area contributed by atoms with Gasteiger partial charge in [0.25, 0.3) is 0 Å². The summed E-state index contributed by atoms with van der Waals surface area (Å²) in [5.41, 5.74) is 4.08. The second-order valence-electron chi connectivity index (χ2n) is 6.93. The SMILES string of the molecule is Cc1c(C(C)NCc2cccc(OCCCC#N)c2)cnn1-c1ccc(F)cc1. The van der Waals surface area contributed by atoms with Gasteiger partial charge in [-0.25, -0.2) is 9.07 Å². The third-order valence-electron chi connectivity index (χ3n) is 4.80. The predicted octanol–water partition coefficient (Wildman–Crippen LogP) is 4.85. The Bertz CT molecular complexity index is 975. The fourth-order valence-electron chi connectivity index (χ4n) is 3.16. The first-order chi connectivity index (χ1) is 14.1. The number of nitrogens with zero attached hydrogens (tertiary/aromatic N) is 3. The zero-order chi connectivity index (χ0) is 20.6. The van der Waals surface area contributed by atoms with Crippen LogP contribution in [0.4, 0.5) is 4.39 Å². The van der Waals surface area contributed by atoms with Crippen molar-refractivity contribution in [1.29, 1.82) is 5.26 Å². The molecule has 3 rings (SSSR count). The summed E-state index contributed by atoms with van der Waals surface area (Å²) in [6.45, 7) is 5.35. The Kier molecular flexibility index (Phi) is 6.99. The Morgan fingerprint density at radius 1 is 1.24 bits per heavy atom. The zero-order valence-corrected chi connectivity index (χ0v) is 16.7. The summed E-state index contributed by atoms with van der Waals surface area (Å²) in [5, 5.41) is 16.6. The number of benzene rings is 2. The van der Waals surface area contributed by atoms with Gasteiger partial charge in [-0.05, 0) is 62.2 Å². The molecule has 0 aliphatic rings. The van der Waals surface area contributed by atoms with E-state index >= 15 is 0 Å². The molecule has 0 aliphatic heterocycles. The highest BCUT2D eigenvalue weighted by atomic mass is 19.1. The molecule has 1 aromatic heterocycles. The van der Waals surface area contributed by atoms with Crippen molar-refractivity contribution in [2.45, 2.75) is 39.3 Å². The van der Waals surface area contributed by atoms with E-state index in [0.29, 0.717) is 19.6 Å². The van der Waals surface area contributed by atoms with Crippen LogP contribution in [0.5, 0.6) is 5.75 Å². The van der Waals surface area contributed by atoms with Crippen LogP contribution in [0.25, 0.3) is 5.69 Å². The summed E-state index contributed by atoms with van der Waals surface area (Å²) < 4.78 is 20.7. The molecule has 2 aromatic carbocycles. The van der Waals surface area contributed by atoms with E-state index < -0.39 is 0 Å². The number of rotatable bonds is 9. The molecule has 3 aromatic rings. The second kappa shape index (κ2) is 9.85. The lowest BCUT2D eigenvalue weighted by Crippen LogP contribution is -2.18. The zero-order valence-electron chi connectivity index (χ0n) is 16.7. The van der Waals surface area contributed by atoms with E-state index in [9.17, 15) is 4.39 Å². The first-order valence-corrected chi connectivity index (χ1v) is 9.71. The van der Waals surface area contributed by atoms with Gasteiger partial charge in [0, 0.05) is 30.3 Å². The Labute approximate surface area is 170 Å². The topological polar surface area (TPSA) is 62.9 Å². The molecule has 1 unspecified atom stereocenters. The summed E-state index contributed by atoms with van der Waals surface area (Å²) in [7, 11) is 0. The van der Waals surface area contributed by atoms with Crippen molar-refractivity contribution in [3.63, 3.8) is 0 Å². The summed E-state index contributed by atoms with van der Waals surface area (Å²) in [5.74, 6) is 0.556. The van der Waals surface area contributed by atoms with Crippen molar-refractivity contribution in [3.8, 4) is 17.5 Å². The maximum absolute atomic E-state index is 13.2. The molecule has 150 valence electrons. The van der Waals surface area contributed by atoms with Gasteiger partial charge in [0.15, 0.2) is 0 Å². The highest BCUT2D eigenvalue weighted by Crippen LogP contribution is 2.21. The van der Waals surface area contributed by atoms with Crippen molar-refractivity contribution in [1.82, 2.24) is 15.1 Å². The average Bonchev–Trinajstić information content (AvgIpc) is 3.12. The normalized spacial score (nSPS) is 11.8. The summed E-state index contributed by atoms with van der Waals surface area (Å²) in [6.07, 6.45) is 3.09. The maximum Gasteiger partial charge on any atom is 0.123 e. The highest BCUT2D eigenvalue weighted by Gasteiger charge is 2.14. The van der Waals surface area contributed by atoms with Crippen molar-refractivity contribution < 1.29 is 9.13 Å². The molecular formula is C23H25FN4O. The van der Waals surface area contributed by atoms with E-state index in [1.807, 2.05) is 36.0 Å². The van der Waals surface area contributed by atoms with Crippen LogP contribution >= 0.6 is 0 Å². The number of halogens is 1. The number of hydrogen-bond acceptors (Lipinski definition) is 4. The second-order valence-corrected chi connectivity index (χ2v) is 6.93. The fourth-order valence-corrected chi connectivity index (χ4v) is 3.16. The molecule has 1 atom stereocenters. The summed E-state index contributed by atoms with van der Waals surface area (Å²) in [4.78, 5) is 0. The van der Waals surface area contributed by atoms with Crippen LogP contribution in [-0.4, -0.2) is 16.4 Å². The highest BCUT2D eigenvalue weighted by molar-refractivity contribution is 5.36. The molecule has 0 fully saturated rings. The Hall–Kier alpha value is -3.17. The molecule has 0 spiro atoms. The molecule has 0 saturated heterocycles. The van der Waals surface area contributed by atoms with Gasteiger partial charge >= 0.3 is 0 Å². The van der Waals surface area contributed by atoms with Crippen LogP contribution in [-0.2, 0) is 6.54 Å². The number of nitrogens with one attached hydrogen (secondary N) is 1. The molecule has 0 radical (unpaired) electrons. The van der Waals surface area contributed by atoms with Crippen LogP contribution in [0.1, 0.15) is 42.6 Å². The molecule has 0 bridgehead atoms. The third-order valence-corrected chi connectivity index (χ3v) is 4.80. The monoisotopic (exact) mass is 392 g/mol. The molecule has 5 nitrogen and oxygen atoms in total. The molecular weight excluding hydrogens is 367 g/mol. The summed E-state index contributed by atoms with van der Waals surface area (Å²) in [6, 6.07) is 16.5. The van der Waals surface area contributed by atoms with Gasteiger partial charge in [-0.1, -0.05) is 12.1 Å². The summed E-state index contributed by atoms with van der Waals surface area (Å²) >= 11 is 0. The minimum atomic E-state index is -0.259. The third kappa shape index (κ3) is 5.43. The van der Waals surface area contributed by atoms with Gasteiger partial charge in [0.05, 0.1) is 24.6 Å². The quantitative estimate of drug-likeness (QED) is 0.529. The van der Waals surface area contributed by atoms with Crippen molar-refractivity contribution in [3.05, 3.63) is 77.4 Å². The minimum absolute atomic E-state index is 0.101. The van der Waals surface area contributed by atoms with Crippen LogP contribution in [0, 0.1) is 24.1 Å². The van der Waals surface area contributed by atoms with E-state index in [4.69, 9.17) is 10.00 Å². The van der Waals surface area contributed by atoms with E-state index in [2.05, 4.69) is 29.5 Å². The number of unbranched alkanes of at least 4 members (excludes halogenated alkanes) is 1. The maximum atomic E-state index is 13.2. The van der Waals surface area contributed by atoms with Gasteiger partial charge in [-0.3, -0.25) is 0 Å². The van der Waals surface area contributed by atoms with Gasteiger partial charge in [-0.15, -0.1) is 0 Å². The van der Waals surface area contributed by atoms with Gasteiger partial charge in [0.1, 0.15) is 11.6 Å². The number of ether oxygens (including phenoxy) is 1. The van der Waals surface area contributed by atoms with Crippen LogP contribution < -0.4 is 10.1 Å². The van der Waals surface area contributed by atoms with E-state index in [1.165, 1.54) is 12.1 Å². The van der Waals surface area contributed by atoms with Crippen LogP contribution in [0.2, 0.25) is 0 Å². The average molecular weight is 392 g/mol. The largest absolute Gasteiger partial charge is 0.494 e. The lowest BCUT2D eigenvalue weighted by molar-refractivity contribution is 0.312. The molecule has 0 aliphatic carbocycles. The van der Waals surface area contributed by atoms with Crippen LogP contribution in [0.15, 0.2) is 54.7 Å². The molecule has 29 heavy (non-hydrogen) atoms. The molecule has 1 heterocycles. The molecule has 1 N–H and O–H groups in total. The number of aromatic nitrogens is 2. The molecule has 0 amide bonds. The van der Waals surface area contributed by atoms with E-state index in [1.54, 1.807) is 12.1 Å². The van der Waals surface area contributed by atoms with Crippen LogP contribution in [0.3, 0.4) is 0 Å². The first kappa shape index (κ1) is 20.6. The standard InChI is InChI=1S/C23H25FN4O/c1-17(23-16-27-28(18(23)2)21-10-8-20(24)9-11-21)26-15-19-6-5-7-22(14-19)29-13-4-3-12-25/h5-11,14,16-17,26H,3-4,13,15H2,1-2H3. The lowest BCUT2D eigenvalue weighted by atomic mass is 10.1. The molecule has 6 heteroatoms. The smallest absolute Gasteiger partial charge is 0.123 e. The first-order valence-electron chi connectivity index (χ1n) is 9.71. The fraction of sp³-hybridized carbons (Fsp3) is 0.304. The van der Waals surface area contributed by atoms with Gasteiger partial charge < -0.3 is 10.1 Å². The Morgan fingerprint density at radius 3 is 2.79 bits per heavy atom. The predicted molar refractivity (Wildman–Crippen MR) is 110 cm³/mol. The van der Waals surface area contributed by atoms with E-state index in [0.717, 1.165) is 34.7 Å². The number of nitriles is 1. The van der Waals surface area contributed by atoms with Gasteiger partial charge in [-0.2, -0.15) is 10.4 Å². The van der Waals surface area contributed by atoms with Crippen molar-refractivity contribution in [2.24, 2.45) is 0 Å².